The van der Waals surface area contributed by atoms with Crippen molar-refractivity contribution in [2.45, 2.75) is 19.9 Å². The van der Waals surface area contributed by atoms with Crippen molar-refractivity contribution in [2.75, 3.05) is 5.32 Å². The zero-order chi connectivity index (χ0) is 15.0. The molecule has 0 spiro atoms. The highest BCUT2D eigenvalue weighted by molar-refractivity contribution is 7.09. The van der Waals surface area contributed by atoms with Crippen LogP contribution >= 0.6 is 11.3 Å². The molecule has 0 saturated carbocycles. The molecule has 7 nitrogen and oxygen atoms in total. The van der Waals surface area contributed by atoms with Gasteiger partial charge in [-0.3, -0.25) is 10.1 Å². The molecular formula is C13H12N4O3S. The molecule has 1 N–H and O–H groups in total. The molecular weight excluding hydrogens is 292 g/mol. The summed E-state index contributed by atoms with van der Waals surface area (Å²) in [6, 6.07) is 4.62. The summed E-state index contributed by atoms with van der Waals surface area (Å²) in [7, 11) is 0. The summed E-state index contributed by atoms with van der Waals surface area (Å²) in [5.74, 6) is 0. The maximum Gasteiger partial charge on any atom is 0.296 e. The normalized spacial score (nSPS) is 12.5. The number of aromatic nitrogens is 2. The number of rotatable bonds is 4. The Hall–Kier alpha value is -2.48. The summed E-state index contributed by atoms with van der Waals surface area (Å²) < 4.78 is 5.51. The van der Waals surface area contributed by atoms with E-state index in [1.165, 1.54) is 12.1 Å². The first-order chi connectivity index (χ1) is 10.0. The number of benzene rings is 1. The first-order valence-electron chi connectivity index (χ1n) is 6.26. The fourth-order valence-electron chi connectivity index (χ4n) is 1.91. The van der Waals surface area contributed by atoms with E-state index >= 15 is 0 Å². The maximum atomic E-state index is 10.7. The van der Waals surface area contributed by atoms with Gasteiger partial charge in [-0.25, -0.2) is 4.98 Å². The molecule has 21 heavy (non-hydrogen) atoms. The summed E-state index contributed by atoms with van der Waals surface area (Å²) >= 11 is 1.56. The van der Waals surface area contributed by atoms with Crippen LogP contribution in [0.1, 0.15) is 23.7 Å². The Kier molecular flexibility index (Phi) is 3.30. The molecule has 0 aliphatic carbocycles. The van der Waals surface area contributed by atoms with Gasteiger partial charge in [-0.15, -0.1) is 11.3 Å². The molecule has 1 aromatic carbocycles. The molecule has 0 fully saturated rings. The molecule has 0 amide bonds. The third-order valence-corrected chi connectivity index (χ3v) is 4.08. The lowest BCUT2D eigenvalue weighted by Gasteiger charge is -2.07. The topological polar surface area (TPSA) is 94.1 Å². The number of hydrogen-bond acceptors (Lipinski definition) is 7. The zero-order valence-corrected chi connectivity index (χ0v) is 12.2. The minimum Gasteiger partial charge on any atom is -0.423 e. The molecule has 8 heteroatoms. The van der Waals surface area contributed by atoms with Crippen molar-refractivity contribution in [2.24, 2.45) is 0 Å². The minimum absolute atomic E-state index is 0.0196. The molecule has 3 rings (SSSR count). The van der Waals surface area contributed by atoms with Crippen molar-refractivity contribution in [1.82, 2.24) is 9.97 Å². The van der Waals surface area contributed by atoms with Gasteiger partial charge in [0.2, 0.25) is 0 Å². The predicted molar refractivity (Wildman–Crippen MR) is 79.6 cm³/mol. The lowest BCUT2D eigenvalue weighted by atomic mass is 10.3. The van der Waals surface area contributed by atoms with E-state index in [2.05, 4.69) is 15.3 Å². The van der Waals surface area contributed by atoms with Gasteiger partial charge in [0.1, 0.15) is 10.5 Å². The highest BCUT2D eigenvalue weighted by Gasteiger charge is 2.15. The predicted octanol–water partition coefficient (Wildman–Crippen LogP) is 3.67. The summed E-state index contributed by atoms with van der Waals surface area (Å²) in [6.07, 6.45) is 0. The van der Waals surface area contributed by atoms with Crippen LogP contribution < -0.4 is 5.32 Å². The van der Waals surface area contributed by atoms with Gasteiger partial charge in [-0.1, -0.05) is 0 Å². The van der Waals surface area contributed by atoms with Crippen LogP contribution in [-0.2, 0) is 0 Å². The Morgan fingerprint density at radius 1 is 1.43 bits per heavy atom. The van der Waals surface area contributed by atoms with E-state index in [-0.39, 0.29) is 11.7 Å². The highest BCUT2D eigenvalue weighted by atomic mass is 32.1. The van der Waals surface area contributed by atoms with Crippen LogP contribution in [0.25, 0.3) is 11.1 Å². The number of non-ortho nitro benzene ring substituents is 1. The highest BCUT2D eigenvalue weighted by Crippen LogP contribution is 2.27. The standard InChI is InChI=1S/C13H12N4O3S/c1-7-6-21-12(14-7)8(2)15-13-16-10-4-3-9(17(18)19)5-11(10)20-13/h3-6,8H,1-2H3,(H,15,16). The Labute approximate surface area is 123 Å². The average molecular weight is 304 g/mol. The van der Waals surface area contributed by atoms with Crippen molar-refractivity contribution >= 4 is 34.1 Å². The van der Waals surface area contributed by atoms with E-state index in [4.69, 9.17) is 4.42 Å². The van der Waals surface area contributed by atoms with Gasteiger partial charge in [0.25, 0.3) is 11.7 Å². The van der Waals surface area contributed by atoms with E-state index in [0.29, 0.717) is 17.1 Å². The van der Waals surface area contributed by atoms with E-state index < -0.39 is 4.92 Å². The quantitative estimate of drug-likeness (QED) is 0.583. The number of nitrogens with one attached hydrogen (secondary N) is 1. The van der Waals surface area contributed by atoms with Gasteiger partial charge < -0.3 is 9.73 Å². The van der Waals surface area contributed by atoms with E-state index in [1.54, 1.807) is 17.4 Å². The van der Waals surface area contributed by atoms with Crippen LogP contribution in [0, 0.1) is 17.0 Å². The fourth-order valence-corrected chi connectivity index (χ4v) is 2.71. The van der Waals surface area contributed by atoms with Gasteiger partial charge in [0.15, 0.2) is 5.58 Å². The fraction of sp³-hybridized carbons (Fsp3) is 0.231. The van der Waals surface area contributed by atoms with Gasteiger partial charge in [0, 0.05) is 17.1 Å². The lowest BCUT2D eigenvalue weighted by molar-refractivity contribution is -0.384. The number of nitrogens with zero attached hydrogens (tertiary/aromatic N) is 3. The van der Waals surface area contributed by atoms with Crippen molar-refractivity contribution in [3.63, 3.8) is 0 Å². The van der Waals surface area contributed by atoms with E-state index in [9.17, 15) is 10.1 Å². The molecule has 108 valence electrons. The second-order valence-electron chi connectivity index (χ2n) is 4.62. The second kappa shape index (κ2) is 5.13. The van der Waals surface area contributed by atoms with Gasteiger partial charge in [-0.2, -0.15) is 4.98 Å². The smallest absolute Gasteiger partial charge is 0.296 e. The molecule has 0 saturated heterocycles. The van der Waals surface area contributed by atoms with Gasteiger partial charge in [-0.05, 0) is 19.9 Å². The minimum atomic E-state index is -0.462. The van der Waals surface area contributed by atoms with Crippen molar-refractivity contribution in [3.05, 3.63) is 44.4 Å². The average Bonchev–Trinajstić information content (AvgIpc) is 3.03. The SMILES string of the molecule is Cc1csc(C(C)Nc2nc3ccc([N+](=O)[O-])cc3o2)n1. The number of fused-ring (bicyclic) bond motifs is 1. The number of oxazole rings is 1. The van der Waals surface area contributed by atoms with Crippen molar-refractivity contribution in [3.8, 4) is 0 Å². The molecule has 1 unspecified atom stereocenters. The van der Waals surface area contributed by atoms with Crippen LogP contribution in [0.15, 0.2) is 28.0 Å². The summed E-state index contributed by atoms with van der Waals surface area (Å²) in [5.41, 5.74) is 1.91. The molecule has 0 bridgehead atoms. The maximum absolute atomic E-state index is 10.7. The largest absolute Gasteiger partial charge is 0.423 e. The molecule has 0 aliphatic heterocycles. The second-order valence-corrected chi connectivity index (χ2v) is 5.51. The number of nitro benzene ring substituents is 1. The number of thiazole rings is 1. The first-order valence-corrected chi connectivity index (χ1v) is 7.14. The Bertz CT molecular complexity index is 811. The number of nitro groups is 1. The third kappa shape index (κ3) is 2.70. The number of anilines is 1. The molecule has 0 radical (unpaired) electrons. The molecule has 2 heterocycles. The molecule has 1 atom stereocenters. The lowest BCUT2D eigenvalue weighted by Crippen LogP contribution is -2.06. The zero-order valence-electron chi connectivity index (χ0n) is 11.4. The van der Waals surface area contributed by atoms with Crippen LogP contribution in [0.2, 0.25) is 0 Å². The van der Waals surface area contributed by atoms with Gasteiger partial charge in [0.05, 0.1) is 17.0 Å². The molecule has 2 aromatic heterocycles. The number of aryl methyl sites for hydroxylation is 1. The van der Waals surface area contributed by atoms with Crippen molar-refractivity contribution < 1.29 is 9.34 Å². The van der Waals surface area contributed by atoms with E-state index in [1.807, 2.05) is 19.2 Å². The van der Waals surface area contributed by atoms with Crippen LogP contribution in [-0.4, -0.2) is 14.9 Å². The Balaban J connectivity index is 1.85. The third-order valence-electron chi connectivity index (χ3n) is 2.93. The van der Waals surface area contributed by atoms with E-state index in [0.717, 1.165) is 10.7 Å². The molecule has 3 aromatic rings. The van der Waals surface area contributed by atoms with Gasteiger partial charge >= 0.3 is 0 Å². The monoisotopic (exact) mass is 304 g/mol. The molecule has 0 aliphatic rings. The van der Waals surface area contributed by atoms with Crippen LogP contribution in [0.3, 0.4) is 0 Å². The summed E-state index contributed by atoms with van der Waals surface area (Å²) in [6.45, 7) is 3.89. The first kappa shape index (κ1) is 13.5. The van der Waals surface area contributed by atoms with Crippen molar-refractivity contribution in [1.29, 1.82) is 0 Å². The van der Waals surface area contributed by atoms with Crippen LogP contribution in [0.4, 0.5) is 11.7 Å². The Morgan fingerprint density at radius 2 is 2.24 bits per heavy atom. The number of hydrogen-bond donors (Lipinski definition) is 1. The van der Waals surface area contributed by atoms with Crippen LogP contribution in [0.5, 0.6) is 0 Å². The summed E-state index contributed by atoms with van der Waals surface area (Å²) in [5, 5.41) is 16.8. The summed E-state index contributed by atoms with van der Waals surface area (Å²) in [4.78, 5) is 18.9. The Morgan fingerprint density at radius 3 is 2.90 bits per heavy atom.